The van der Waals surface area contributed by atoms with Gasteiger partial charge in [-0.15, -0.1) is 0 Å². The molecule has 0 aliphatic carbocycles. The molecule has 0 bridgehead atoms. The average molecular weight is 224 g/mol. The van der Waals surface area contributed by atoms with Gasteiger partial charge in [-0.1, -0.05) is 6.07 Å². The Balaban J connectivity index is 2.19. The summed E-state index contributed by atoms with van der Waals surface area (Å²) < 4.78 is 19.0. The van der Waals surface area contributed by atoms with E-state index in [1.165, 1.54) is 0 Å². The van der Waals surface area contributed by atoms with E-state index in [0.29, 0.717) is 18.8 Å². The zero-order chi connectivity index (χ0) is 11.5. The number of ether oxygens (including phenoxy) is 1. The number of halogens is 1. The van der Waals surface area contributed by atoms with Crippen LogP contribution < -0.4 is 10.6 Å². The van der Waals surface area contributed by atoms with E-state index in [4.69, 9.17) is 10.5 Å². The van der Waals surface area contributed by atoms with Gasteiger partial charge in [-0.2, -0.15) is 0 Å². The topological polar surface area (TPSA) is 38.5 Å². The van der Waals surface area contributed by atoms with Crippen LogP contribution in [0.5, 0.6) is 0 Å². The van der Waals surface area contributed by atoms with Gasteiger partial charge < -0.3 is 15.4 Å². The highest BCUT2D eigenvalue weighted by Gasteiger charge is 2.14. The first-order valence-electron chi connectivity index (χ1n) is 5.56. The van der Waals surface area contributed by atoms with Crippen molar-refractivity contribution in [3.05, 3.63) is 29.6 Å². The van der Waals surface area contributed by atoms with Gasteiger partial charge in [0.05, 0.1) is 13.2 Å². The van der Waals surface area contributed by atoms with Crippen LogP contribution in [0.4, 0.5) is 10.1 Å². The van der Waals surface area contributed by atoms with Crippen LogP contribution in [0.2, 0.25) is 0 Å². The van der Waals surface area contributed by atoms with Gasteiger partial charge in [-0.25, -0.2) is 4.39 Å². The molecule has 88 valence electrons. The van der Waals surface area contributed by atoms with E-state index in [1.54, 1.807) is 19.1 Å². The monoisotopic (exact) mass is 224 g/mol. The second-order valence-electron chi connectivity index (χ2n) is 4.09. The van der Waals surface area contributed by atoms with E-state index in [9.17, 15) is 4.39 Å². The van der Waals surface area contributed by atoms with Crippen molar-refractivity contribution in [2.75, 3.05) is 31.2 Å². The highest BCUT2D eigenvalue weighted by molar-refractivity contribution is 5.49. The molecule has 0 amide bonds. The van der Waals surface area contributed by atoms with Crippen molar-refractivity contribution < 1.29 is 9.13 Å². The van der Waals surface area contributed by atoms with E-state index >= 15 is 0 Å². The third-order valence-electron chi connectivity index (χ3n) is 2.85. The van der Waals surface area contributed by atoms with E-state index in [1.807, 2.05) is 6.07 Å². The predicted molar refractivity (Wildman–Crippen MR) is 62.0 cm³/mol. The first kappa shape index (κ1) is 11.4. The smallest absolute Gasteiger partial charge is 0.130 e. The summed E-state index contributed by atoms with van der Waals surface area (Å²) in [6, 6.07) is 4.99. The Bertz CT molecular complexity index is 362. The molecule has 1 aromatic carbocycles. The van der Waals surface area contributed by atoms with E-state index < -0.39 is 0 Å². The molecule has 3 nitrogen and oxygen atoms in total. The van der Waals surface area contributed by atoms with Crippen molar-refractivity contribution in [2.24, 2.45) is 5.73 Å². The van der Waals surface area contributed by atoms with Crippen LogP contribution in [0.3, 0.4) is 0 Å². The molecule has 4 heteroatoms. The summed E-state index contributed by atoms with van der Waals surface area (Å²) in [6.45, 7) is 4.83. The predicted octanol–water partition coefficient (Wildman–Crippen LogP) is 1.68. The van der Waals surface area contributed by atoms with Crippen LogP contribution in [0.1, 0.15) is 18.5 Å². The Labute approximate surface area is 95.0 Å². The number of nitrogens with zero attached hydrogens (tertiary/aromatic N) is 1. The van der Waals surface area contributed by atoms with Crippen molar-refractivity contribution in [2.45, 2.75) is 13.0 Å². The molecule has 16 heavy (non-hydrogen) atoms. The minimum Gasteiger partial charge on any atom is -0.378 e. The Morgan fingerprint density at radius 3 is 2.62 bits per heavy atom. The minimum absolute atomic E-state index is 0.223. The first-order chi connectivity index (χ1) is 7.68. The fourth-order valence-electron chi connectivity index (χ4n) is 1.90. The van der Waals surface area contributed by atoms with Crippen molar-refractivity contribution in [1.82, 2.24) is 0 Å². The number of rotatable bonds is 2. The molecule has 1 aliphatic heterocycles. The minimum atomic E-state index is -0.265. The molecule has 2 N–H and O–H groups in total. The first-order valence-corrected chi connectivity index (χ1v) is 5.56. The third-order valence-corrected chi connectivity index (χ3v) is 2.85. The number of hydrogen-bond donors (Lipinski definition) is 1. The maximum atomic E-state index is 13.7. The molecule has 0 spiro atoms. The van der Waals surface area contributed by atoms with Gasteiger partial charge in [-0.05, 0) is 19.1 Å². The van der Waals surface area contributed by atoms with E-state index in [-0.39, 0.29) is 11.9 Å². The molecule has 1 aromatic rings. The Kier molecular flexibility index (Phi) is 3.41. The van der Waals surface area contributed by atoms with Gasteiger partial charge >= 0.3 is 0 Å². The van der Waals surface area contributed by atoms with Gasteiger partial charge in [0.25, 0.3) is 0 Å². The van der Waals surface area contributed by atoms with Crippen molar-refractivity contribution >= 4 is 5.69 Å². The highest BCUT2D eigenvalue weighted by atomic mass is 19.1. The average Bonchev–Trinajstić information content (AvgIpc) is 2.29. The highest BCUT2D eigenvalue weighted by Crippen LogP contribution is 2.22. The summed E-state index contributed by atoms with van der Waals surface area (Å²) in [5, 5.41) is 0. The van der Waals surface area contributed by atoms with Crippen LogP contribution in [0, 0.1) is 5.82 Å². The molecular weight excluding hydrogens is 207 g/mol. The summed E-state index contributed by atoms with van der Waals surface area (Å²) >= 11 is 0. The fourth-order valence-corrected chi connectivity index (χ4v) is 1.90. The lowest BCUT2D eigenvalue weighted by atomic mass is 10.1. The Hall–Kier alpha value is -1.13. The van der Waals surface area contributed by atoms with Gasteiger partial charge in [0.15, 0.2) is 0 Å². The van der Waals surface area contributed by atoms with Crippen LogP contribution in [-0.2, 0) is 4.74 Å². The summed E-state index contributed by atoms with van der Waals surface area (Å²) in [5.74, 6) is -0.223. The van der Waals surface area contributed by atoms with Crippen molar-refractivity contribution in [3.8, 4) is 0 Å². The van der Waals surface area contributed by atoms with Crippen molar-refractivity contribution in [1.29, 1.82) is 0 Å². The van der Waals surface area contributed by atoms with Crippen molar-refractivity contribution in [3.63, 3.8) is 0 Å². The quantitative estimate of drug-likeness (QED) is 0.830. The SMILES string of the molecule is C[C@@H](N)c1ccc(N2CCOCC2)cc1F. The third kappa shape index (κ3) is 2.33. The molecule has 0 aromatic heterocycles. The zero-order valence-electron chi connectivity index (χ0n) is 9.45. The molecule has 1 saturated heterocycles. The van der Waals surface area contributed by atoms with Gasteiger partial charge in [0, 0.05) is 30.4 Å². The number of anilines is 1. The molecule has 1 atom stereocenters. The molecule has 2 rings (SSSR count). The number of morpholine rings is 1. The van der Waals surface area contributed by atoms with Crippen LogP contribution in [0.25, 0.3) is 0 Å². The maximum Gasteiger partial charge on any atom is 0.130 e. The lowest BCUT2D eigenvalue weighted by molar-refractivity contribution is 0.122. The molecule has 0 unspecified atom stereocenters. The van der Waals surface area contributed by atoms with Crippen LogP contribution >= 0.6 is 0 Å². The molecule has 1 heterocycles. The number of hydrogen-bond acceptors (Lipinski definition) is 3. The molecule has 0 saturated carbocycles. The lowest BCUT2D eigenvalue weighted by Gasteiger charge is -2.29. The summed E-state index contributed by atoms with van der Waals surface area (Å²) in [7, 11) is 0. The zero-order valence-corrected chi connectivity index (χ0v) is 9.45. The van der Waals surface area contributed by atoms with E-state index in [0.717, 1.165) is 18.8 Å². The maximum absolute atomic E-state index is 13.7. The molecule has 1 aliphatic rings. The Morgan fingerprint density at radius 1 is 1.38 bits per heavy atom. The molecular formula is C12H17FN2O. The largest absolute Gasteiger partial charge is 0.378 e. The van der Waals surface area contributed by atoms with E-state index in [2.05, 4.69) is 4.90 Å². The van der Waals surface area contributed by atoms with Gasteiger partial charge in [0.1, 0.15) is 5.82 Å². The second kappa shape index (κ2) is 4.80. The van der Waals surface area contributed by atoms with Crippen LogP contribution in [0.15, 0.2) is 18.2 Å². The fraction of sp³-hybridized carbons (Fsp3) is 0.500. The summed E-state index contributed by atoms with van der Waals surface area (Å²) in [5.41, 5.74) is 7.14. The molecule has 1 fully saturated rings. The Morgan fingerprint density at radius 2 is 2.06 bits per heavy atom. The van der Waals surface area contributed by atoms with Gasteiger partial charge in [-0.3, -0.25) is 0 Å². The van der Waals surface area contributed by atoms with Crippen LogP contribution in [-0.4, -0.2) is 26.3 Å². The number of benzene rings is 1. The number of nitrogens with two attached hydrogens (primary N) is 1. The second-order valence-corrected chi connectivity index (χ2v) is 4.09. The summed E-state index contributed by atoms with van der Waals surface area (Å²) in [4.78, 5) is 2.12. The standard InChI is InChI=1S/C12H17FN2O/c1-9(14)11-3-2-10(8-12(11)13)15-4-6-16-7-5-15/h2-3,8-9H,4-7,14H2,1H3/t9-/m1/s1. The normalized spacial score (nSPS) is 18.6. The summed E-state index contributed by atoms with van der Waals surface area (Å²) in [6.07, 6.45) is 0. The molecule has 0 radical (unpaired) electrons. The van der Waals surface area contributed by atoms with Gasteiger partial charge in [0.2, 0.25) is 0 Å². The lowest BCUT2D eigenvalue weighted by Crippen LogP contribution is -2.36.